The smallest absolute Gasteiger partial charge is 0.123 e. The van der Waals surface area contributed by atoms with Crippen molar-refractivity contribution in [1.82, 2.24) is 0 Å². The Morgan fingerprint density at radius 1 is 0.195 bits per heavy atom. The van der Waals surface area contributed by atoms with Crippen molar-refractivity contribution in [2.75, 3.05) is 35.5 Å². The molecule has 0 fully saturated rings. The largest absolute Gasteiger partial charge is 0.496 e. The van der Waals surface area contributed by atoms with Crippen molar-refractivity contribution < 1.29 is 23.7 Å². The molecule has 6 aromatic rings. The van der Waals surface area contributed by atoms with E-state index in [1.54, 1.807) is 35.5 Å². The SMILES string of the molecule is COc1cc2c(C)cc1CSSCc1cc(OC)c(cc1C)CSSCc1cc(C)c(cc1C)CSSCc1cc(OC)c(cc1C)CSSCc1cc(C)c(cc1OC)CSSCc1cc(C)c(cc1OC)CSSC2. The van der Waals surface area contributed by atoms with Gasteiger partial charge in [-0.25, -0.2) is 0 Å². The zero-order chi connectivity index (χ0) is 54.8. The van der Waals surface area contributed by atoms with Crippen molar-refractivity contribution in [1.29, 1.82) is 0 Å². The van der Waals surface area contributed by atoms with Crippen LogP contribution in [0.2, 0.25) is 0 Å². The predicted molar refractivity (Wildman–Crippen MR) is 360 cm³/mol. The van der Waals surface area contributed by atoms with Gasteiger partial charge in [-0.3, -0.25) is 0 Å². The van der Waals surface area contributed by atoms with Crippen LogP contribution in [0.1, 0.15) is 106 Å². The number of benzene rings is 6. The van der Waals surface area contributed by atoms with Crippen LogP contribution >= 0.6 is 130 Å². The second-order valence-electron chi connectivity index (χ2n) is 18.8. The lowest BCUT2D eigenvalue weighted by Gasteiger charge is -2.16. The van der Waals surface area contributed by atoms with Crippen molar-refractivity contribution in [3.8, 4) is 28.7 Å². The van der Waals surface area contributed by atoms with Gasteiger partial charge in [0.2, 0.25) is 0 Å². The van der Waals surface area contributed by atoms with E-state index in [2.05, 4.69) is 121 Å². The third-order valence-corrected chi connectivity index (χ3v) is 27.0. The van der Waals surface area contributed by atoms with E-state index in [0.717, 1.165) is 97.8 Å². The van der Waals surface area contributed by atoms with Gasteiger partial charge in [-0.1, -0.05) is 172 Å². The first-order valence-electron chi connectivity index (χ1n) is 25.2. The summed E-state index contributed by atoms with van der Waals surface area (Å²) < 4.78 is 29.8. The molecule has 0 aromatic heterocycles. The van der Waals surface area contributed by atoms with Crippen molar-refractivity contribution >= 4 is 130 Å². The van der Waals surface area contributed by atoms with Gasteiger partial charge in [0.25, 0.3) is 0 Å². The molecular weight excluding hydrogens is 1190 g/mol. The molecule has 16 aliphatic heterocycles. The lowest BCUT2D eigenvalue weighted by Crippen LogP contribution is -1.97. The maximum atomic E-state index is 5.97. The molecule has 0 saturated carbocycles. The van der Waals surface area contributed by atoms with E-state index in [9.17, 15) is 0 Å². The topological polar surface area (TPSA) is 46.2 Å². The third-order valence-electron chi connectivity index (χ3n) is 13.6. The van der Waals surface area contributed by atoms with Gasteiger partial charge < -0.3 is 23.7 Å². The maximum absolute atomic E-state index is 5.97. The number of aryl methyl sites for hydroxylation is 7. The number of hydrogen-bond acceptors (Lipinski definition) is 17. The molecule has 0 atom stereocenters. The quantitative estimate of drug-likeness (QED) is 0.154. The highest BCUT2D eigenvalue weighted by atomic mass is 33.1. The lowest BCUT2D eigenvalue weighted by atomic mass is 10.0. The molecule has 0 unspecified atom stereocenters. The Kier molecular flexibility index (Phi) is 26.5. The number of methoxy groups -OCH3 is 5. The zero-order valence-electron chi connectivity index (χ0n) is 46.4. The van der Waals surface area contributed by atoms with Crippen LogP contribution in [0.15, 0.2) is 72.8 Å². The molecule has 0 spiro atoms. The van der Waals surface area contributed by atoms with Crippen LogP contribution in [0, 0.1) is 48.5 Å². The molecule has 0 saturated heterocycles. The summed E-state index contributed by atoms with van der Waals surface area (Å²) in [7, 11) is 31.7. The van der Waals surface area contributed by atoms with Gasteiger partial charge in [-0.15, -0.1) is 0 Å². The number of hydrogen-bond donors (Lipinski definition) is 0. The van der Waals surface area contributed by atoms with E-state index in [4.69, 9.17) is 23.7 Å². The van der Waals surface area contributed by atoms with Crippen molar-refractivity contribution in [3.05, 3.63) is 179 Å². The Morgan fingerprint density at radius 3 is 0.455 bits per heavy atom. The van der Waals surface area contributed by atoms with E-state index < -0.39 is 0 Å². The van der Waals surface area contributed by atoms with E-state index >= 15 is 0 Å². The highest BCUT2D eigenvalue weighted by Gasteiger charge is 2.17. The minimum atomic E-state index is 0.864. The summed E-state index contributed by atoms with van der Waals surface area (Å²) in [5.74, 6) is 15.7. The molecule has 16 heterocycles. The van der Waals surface area contributed by atoms with Gasteiger partial charge in [0.15, 0.2) is 0 Å². The fraction of sp³-hybridized carbons (Fsp3) is 0.400. The molecule has 414 valence electrons. The Hall–Kier alpha value is -1.48. The zero-order valence-corrected chi connectivity index (χ0v) is 56.2. The summed E-state index contributed by atoms with van der Waals surface area (Å²) in [4.78, 5) is 0. The summed E-state index contributed by atoms with van der Waals surface area (Å²) in [6.07, 6.45) is 0. The fourth-order valence-corrected chi connectivity index (χ4v) is 22.1. The van der Waals surface area contributed by atoms with Crippen LogP contribution < -0.4 is 23.7 Å². The summed E-state index contributed by atoms with van der Waals surface area (Å²) in [6.45, 7) is 15.7. The summed E-state index contributed by atoms with van der Waals surface area (Å²) in [6, 6.07) is 27.7. The van der Waals surface area contributed by atoms with Gasteiger partial charge in [-0.2, -0.15) is 0 Å². The fourth-order valence-electron chi connectivity index (χ4n) is 8.75. The predicted octanol–water partition coefficient (Wildman–Crippen LogP) is 20.7. The first kappa shape index (κ1) is 63.1. The molecule has 17 heteroatoms. The minimum absolute atomic E-state index is 0.864. The number of rotatable bonds is 5. The standard InChI is InChI=1S/C60H72O5S12/c1-37-14-45-26-67-73-32-51-17-42(6)49(23-58(51)63-10)30-71-74-33-52-15-39(3)47(21-56(52)61-8)28-69-70-29-48-22-57(62-9)53(16-40(48)4)34-75-72-31-50-24-60(65-12)55(19-43(50)7)36-77-76-35-54-18-41(5)46(20-59(54)64-11)27-68-66-25-44(37)13-38(45)2/h13-24H,25-36H2,1-12H3. The van der Waals surface area contributed by atoms with Gasteiger partial charge in [-0.05, 0) is 157 Å². The van der Waals surface area contributed by atoms with Crippen LogP contribution in [0.5, 0.6) is 28.7 Å². The average Bonchev–Trinajstić information content (AvgIpc) is 3.42. The van der Waals surface area contributed by atoms with E-state index in [1.165, 1.54) is 106 Å². The highest BCUT2D eigenvalue weighted by molar-refractivity contribution is 8.77. The molecule has 6 aromatic carbocycles. The summed E-state index contributed by atoms with van der Waals surface area (Å²) >= 11 is 0. The lowest BCUT2D eigenvalue weighted by molar-refractivity contribution is 0.410. The molecular formula is C60H72O5S12. The van der Waals surface area contributed by atoms with Gasteiger partial charge in [0.05, 0.1) is 35.5 Å². The van der Waals surface area contributed by atoms with E-state index in [-0.39, 0.29) is 0 Å². The molecule has 16 aliphatic rings. The summed E-state index contributed by atoms with van der Waals surface area (Å²) in [5.41, 5.74) is 24.9. The van der Waals surface area contributed by atoms with Crippen LogP contribution in [0.3, 0.4) is 0 Å². The molecule has 0 aliphatic carbocycles. The molecule has 77 heavy (non-hydrogen) atoms. The maximum Gasteiger partial charge on any atom is 0.123 e. The molecule has 0 radical (unpaired) electrons. The minimum Gasteiger partial charge on any atom is -0.496 e. The third kappa shape index (κ3) is 18.3. The Morgan fingerprint density at radius 2 is 0.312 bits per heavy atom. The van der Waals surface area contributed by atoms with Crippen LogP contribution in [0.25, 0.3) is 0 Å². The Balaban J connectivity index is 1.02. The molecule has 0 amide bonds. The van der Waals surface area contributed by atoms with E-state index in [1.807, 2.05) is 130 Å². The van der Waals surface area contributed by atoms with Gasteiger partial charge >= 0.3 is 0 Å². The molecule has 5 nitrogen and oxygen atoms in total. The molecule has 22 rings (SSSR count). The monoisotopic (exact) mass is 1260 g/mol. The normalized spacial score (nSPS) is 15.3. The molecule has 12 bridgehead atoms. The van der Waals surface area contributed by atoms with Crippen LogP contribution in [-0.4, -0.2) is 35.5 Å². The van der Waals surface area contributed by atoms with E-state index in [0.29, 0.717) is 0 Å². The molecule has 0 N–H and O–H groups in total. The second-order valence-corrected chi connectivity index (χ2v) is 33.6. The van der Waals surface area contributed by atoms with Gasteiger partial charge in [0.1, 0.15) is 28.7 Å². The van der Waals surface area contributed by atoms with Gasteiger partial charge in [0, 0.05) is 96.9 Å². The van der Waals surface area contributed by atoms with Crippen molar-refractivity contribution in [2.24, 2.45) is 0 Å². The van der Waals surface area contributed by atoms with Crippen molar-refractivity contribution in [2.45, 2.75) is 118 Å². The summed E-state index contributed by atoms with van der Waals surface area (Å²) in [5, 5.41) is 0. The van der Waals surface area contributed by atoms with Crippen molar-refractivity contribution in [3.63, 3.8) is 0 Å². The Bertz CT molecular complexity index is 2930. The second kappa shape index (κ2) is 32.4. The Labute approximate surface area is 508 Å². The van der Waals surface area contributed by atoms with Crippen LogP contribution in [0.4, 0.5) is 0 Å². The first-order valence-corrected chi connectivity index (χ1v) is 40.1. The number of ether oxygens (including phenoxy) is 5. The van der Waals surface area contributed by atoms with Crippen LogP contribution in [-0.2, 0) is 69.0 Å². The highest BCUT2D eigenvalue weighted by Crippen LogP contribution is 2.43. The first-order chi connectivity index (χ1) is 37.3. The average molecular weight is 1260 g/mol.